The van der Waals surface area contributed by atoms with Gasteiger partial charge in [-0.2, -0.15) is 0 Å². The van der Waals surface area contributed by atoms with Crippen molar-refractivity contribution in [3.8, 4) is 22.3 Å². The quantitative estimate of drug-likeness (QED) is 0.243. The first-order valence-electron chi connectivity index (χ1n) is 11.2. The van der Waals surface area contributed by atoms with E-state index in [9.17, 15) is 0 Å². The smallest absolute Gasteiger partial charge is 0.00101 e. The van der Waals surface area contributed by atoms with Crippen LogP contribution in [0.4, 0.5) is 0 Å². The van der Waals surface area contributed by atoms with Crippen molar-refractivity contribution in [2.45, 2.75) is 32.6 Å². The fourth-order valence-electron chi connectivity index (χ4n) is 5.65. The van der Waals surface area contributed by atoms with E-state index in [0.29, 0.717) is 0 Å². The van der Waals surface area contributed by atoms with E-state index in [1.165, 1.54) is 60.5 Å². The van der Waals surface area contributed by atoms with E-state index in [-0.39, 0.29) is 5.41 Å². The molecule has 0 fully saturated rings. The van der Waals surface area contributed by atoms with Gasteiger partial charge in [0.2, 0.25) is 0 Å². The molecule has 0 aliphatic heterocycles. The van der Waals surface area contributed by atoms with E-state index in [2.05, 4.69) is 112 Å². The van der Waals surface area contributed by atoms with Gasteiger partial charge in [-0.1, -0.05) is 112 Å². The lowest BCUT2D eigenvalue weighted by Crippen LogP contribution is -2.15. The van der Waals surface area contributed by atoms with E-state index in [4.69, 9.17) is 0 Å². The molecule has 0 spiro atoms. The van der Waals surface area contributed by atoms with Crippen molar-refractivity contribution in [1.82, 2.24) is 0 Å². The van der Waals surface area contributed by atoms with Crippen LogP contribution in [-0.2, 0) is 11.8 Å². The molecule has 0 unspecified atom stereocenters. The van der Waals surface area contributed by atoms with E-state index in [1.807, 2.05) is 0 Å². The molecule has 0 bridgehead atoms. The Bertz CT molecular complexity index is 1460. The van der Waals surface area contributed by atoms with Crippen molar-refractivity contribution in [1.29, 1.82) is 0 Å². The van der Waals surface area contributed by atoms with Crippen molar-refractivity contribution in [2.75, 3.05) is 0 Å². The Hall–Kier alpha value is -3.38. The van der Waals surface area contributed by atoms with Gasteiger partial charge in [0.25, 0.3) is 0 Å². The summed E-state index contributed by atoms with van der Waals surface area (Å²) in [5.74, 6) is 0. The second-order valence-electron chi connectivity index (χ2n) is 9.76. The van der Waals surface area contributed by atoms with Crippen LogP contribution in [0.25, 0.3) is 43.8 Å². The lowest BCUT2D eigenvalue weighted by atomic mass is 9.75. The number of fused-ring (bicyclic) bond motifs is 6. The SMILES string of the molecule is CC(C)(C)c1c2c(c(-c3ccccc3)c3c1ccc1ccccc13)-c1ccccc1C2. The summed E-state index contributed by atoms with van der Waals surface area (Å²) >= 11 is 0. The fraction of sp³-hybridized carbons (Fsp3) is 0.161. The molecule has 0 radical (unpaired) electrons. The highest BCUT2D eigenvalue weighted by Crippen LogP contribution is 2.52. The molecule has 5 aromatic carbocycles. The van der Waals surface area contributed by atoms with Crippen LogP contribution >= 0.6 is 0 Å². The van der Waals surface area contributed by atoms with Crippen LogP contribution in [0.3, 0.4) is 0 Å². The molecule has 150 valence electrons. The summed E-state index contributed by atoms with van der Waals surface area (Å²) in [5, 5.41) is 5.44. The molecule has 1 aliphatic carbocycles. The van der Waals surface area contributed by atoms with E-state index in [0.717, 1.165) is 6.42 Å². The third kappa shape index (κ3) is 2.68. The van der Waals surface area contributed by atoms with Gasteiger partial charge >= 0.3 is 0 Å². The Balaban J connectivity index is 1.93. The molecule has 0 nitrogen and oxygen atoms in total. The lowest BCUT2D eigenvalue weighted by molar-refractivity contribution is 0.591. The second-order valence-corrected chi connectivity index (χ2v) is 9.76. The van der Waals surface area contributed by atoms with Gasteiger partial charge in [-0.25, -0.2) is 0 Å². The Labute approximate surface area is 184 Å². The van der Waals surface area contributed by atoms with Gasteiger partial charge in [0.05, 0.1) is 0 Å². The highest BCUT2D eigenvalue weighted by molar-refractivity contribution is 6.20. The minimum absolute atomic E-state index is 0.0576. The number of benzene rings is 5. The summed E-state index contributed by atoms with van der Waals surface area (Å²) in [6.45, 7) is 7.09. The molecule has 0 atom stereocenters. The molecule has 1 aliphatic rings. The van der Waals surface area contributed by atoms with Crippen LogP contribution in [-0.4, -0.2) is 0 Å². The van der Waals surface area contributed by atoms with Crippen molar-refractivity contribution < 1.29 is 0 Å². The van der Waals surface area contributed by atoms with E-state index < -0.39 is 0 Å². The molecule has 0 saturated carbocycles. The normalized spacial score (nSPS) is 12.9. The van der Waals surface area contributed by atoms with Crippen molar-refractivity contribution >= 4 is 21.5 Å². The first-order valence-corrected chi connectivity index (χ1v) is 11.2. The predicted octanol–water partition coefficient (Wildman–Crippen LogP) is 8.53. The van der Waals surface area contributed by atoms with Crippen molar-refractivity contribution in [3.05, 3.63) is 108 Å². The zero-order chi connectivity index (χ0) is 21.2. The molecule has 0 saturated heterocycles. The maximum absolute atomic E-state index is 2.37. The van der Waals surface area contributed by atoms with Crippen LogP contribution < -0.4 is 0 Å². The predicted molar refractivity (Wildman–Crippen MR) is 134 cm³/mol. The maximum atomic E-state index is 2.37. The number of hydrogen-bond donors (Lipinski definition) is 0. The fourth-order valence-corrected chi connectivity index (χ4v) is 5.65. The maximum Gasteiger partial charge on any atom is -0.00101 e. The van der Waals surface area contributed by atoms with Gasteiger partial charge in [-0.15, -0.1) is 0 Å². The van der Waals surface area contributed by atoms with Crippen LogP contribution in [0, 0.1) is 0 Å². The molecule has 5 aromatic rings. The Morgan fingerprint density at radius 1 is 0.613 bits per heavy atom. The summed E-state index contributed by atoms with van der Waals surface area (Å²) in [6, 6.07) is 33.5. The van der Waals surface area contributed by atoms with Gasteiger partial charge in [-0.3, -0.25) is 0 Å². The van der Waals surface area contributed by atoms with E-state index in [1.54, 1.807) is 0 Å². The largest absolute Gasteiger partial charge is 0.0622 e. The van der Waals surface area contributed by atoms with Gasteiger partial charge in [0.1, 0.15) is 0 Å². The van der Waals surface area contributed by atoms with Crippen LogP contribution in [0.5, 0.6) is 0 Å². The van der Waals surface area contributed by atoms with Crippen LogP contribution in [0.15, 0.2) is 91.0 Å². The topological polar surface area (TPSA) is 0 Å². The summed E-state index contributed by atoms with van der Waals surface area (Å²) in [7, 11) is 0. The summed E-state index contributed by atoms with van der Waals surface area (Å²) in [5.41, 5.74) is 10.0. The van der Waals surface area contributed by atoms with Crippen LogP contribution in [0.2, 0.25) is 0 Å². The van der Waals surface area contributed by atoms with Gasteiger partial charge < -0.3 is 0 Å². The minimum atomic E-state index is 0.0576. The average Bonchev–Trinajstić information content (AvgIpc) is 3.15. The van der Waals surface area contributed by atoms with Gasteiger partial charge in [0, 0.05) is 0 Å². The molecule has 0 heteroatoms. The summed E-state index contributed by atoms with van der Waals surface area (Å²) in [4.78, 5) is 0. The van der Waals surface area contributed by atoms with Crippen molar-refractivity contribution in [2.24, 2.45) is 0 Å². The minimum Gasteiger partial charge on any atom is -0.0622 e. The first-order chi connectivity index (χ1) is 15.0. The number of rotatable bonds is 1. The monoisotopic (exact) mass is 398 g/mol. The third-order valence-electron chi connectivity index (χ3n) is 6.77. The molecule has 0 amide bonds. The zero-order valence-electron chi connectivity index (χ0n) is 18.4. The molecular formula is C31H26. The van der Waals surface area contributed by atoms with Gasteiger partial charge in [-0.05, 0) is 72.3 Å². The standard InChI is InChI=1S/C31H26/c1-31(2,3)30-25-18-17-20-11-7-9-15-23(20)28(25)27(21-12-5-4-6-13-21)29-24-16-10-8-14-22(24)19-26(29)30/h4-18H,19H2,1-3H3. The Morgan fingerprint density at radius 2 is 1.32 bits per heavy atom. The van der Waals surface area contributed by atoms with Gasteiger partial charge in [0.15, 0.2) is 0 Å². The first kappa shape index (κ1) is 18.4. The number of hydrogen-bond acceptors (Lipinski definition) is 0. The lowest BCUT2D eigenvalue weighted by Gasteiger charge is -2.28. The zero-order valence-corrected chi connectivity index (χ0v) is 18.4. The van der Waals surface area contributed by atoms with Crippen LogP contribution in [0.1, 0.15) is 37.5 Å². The van der Waals surface area contributed by atoms with E-state index >= 15 is 0 Å². The highest BCUT2D eigenvalue weighted by Gasteiger charge is 2.32. The molecule has 6 rings (SSSR count). The average molecular weight is 399 g/mol. The Morgan fingerprint density at radius 3 is 2.13 bits per heavy atom. The molecule has 0 N–H and O–H groups in total. The second kappa shape index (κ2) is 6.56. The molecular weight excluding hydrogens is 372 g/mol. The molecule has 31 heavy (non-hydrogen) atoms. The third-order valence-corrected chi connectivity index (χ3v) is 6.77. The molecule has 0 heterocycles. The highest BCUT2D eigenvalue weighted by atomic mass is 14.4. The summed E-state index contributed by atoms with van der Waals surface area (Å²) < 4.78 is 0. The Kier molecular flexibility index (Phi) is 3.89. The summed E-state index contributed by atoms with van der Waals surface area (Å²) in [6.07, 6.45) is 1.01. The van der Waals surface area contributed by atoms with Crippen molar-refractivity contribution in [3.63, 3.8) is 0 Å². The molecule has 0 aromatic heterocycles.